The molecule has 0 aliphatic carbocycles. The summed E-state index contributed by atoms with van der Waals surface area (Å²) in [6.07, 6.45) is 3.71. The summed E-state index contributed by atoms with van der Waals surface area (Å²) in [6, 6.07) is 6.09. The Bertz CT molecular complexity index is 850. The van der Waals surface area contributed by atoms with Gasteiger partial charge in [0.05, 0.1) is 24.7 Å². The average molecular weight is 359 g/mol. The Kier molecular flexibility index (Phi) is 6.10. The molecule has 1 amide bonds. The van der Waals surface area contributed by atoms with Gasteiger partial charge in [-0.3, -0.25) is 14.9 Å². The minimum absolute atomic E-state index is 0.172. The third kappa shape index (κ3) is 4.69. The van der Waals surface area contributed by atoms with E-state index >= 15 is 0 Å². The minimum Gasteiger partial charge on any atom is -0.504 e. The Balaban J connectivity index is 2.09. The number of aromatic nitrogens is 1. The van der Waals surface area contributed by atoms with Crippen LogP contribution in [0.15, 0.2) is 36.5 Å². The summed E-state index contributed by atoms with van der Waals surface area (Å²) < 4.78 is 10.6. The molecule has 136 valence electrons. The number of nitro groups is 1. The number of anilines is 1. The zero-order chi connectivity index (χ0) is 19.1. The molecule has 2 aromatic rings. The highest BCUT2D eigenvalue weighted by Crippen LogP contribution is 2.28. The molecule has 0 spiro atoms. The first-order valence-electron chi connectivity index (χ1n) is 7.58. The number of nitrogens with one attached hydrogen (secondary N) is 1. The largest absolute Gasteiger partial charge is 0.504 e. The number of pyridine rings is 1. The molecular formula is C17H17N3O6. The van der Waals surface area contributed by atoms with Crippen molar-refractivity contribution in [2.45, 2.75) is 6.92 Å². The summed E-state index contributed by atoms with van der Waals surface area (Å²) >= 11 is 0. The van der Waals surface area contributed by atoms with Gasteiger partial charge in [0.25, 0.3) is 5.69 Å². The summed E-state index contributed by atoms with van der Waals surface area (Å²) in [5, 5.41) is 22.6. The van der Waals surface area contributed by atoms with Crippen LogP contribution in [0.3, 0.4) is 0 Å². The van der Waals surface area contributed by atoms with E-state index in [-0.39, 0.29) is 11.5 Å². The summed E-state index contributed by atoms with van der Waals surface area (Å²) in [6.45, 7) is 2.36. The fourth-order valence-electron chi connectivity index (χ4n) is 2.03. The number of hydrogen-bond donors (Lipinski definition) is 2. The van der Waals surface area contributed by atoms with Gasteiger partial charge in [0.15, 0.2) is 23.1 Å². The SMILES string of the molecule is CCOc1ccc(/C=C/C(=O)Nc2ncc([N+](=O)[O-])cc2O)cc1OC. The molecule has 0 unspecified atom stereocenters. The van der Waals surface area contributed by atoms with E-state index in [4.69, 9.17) is 9.47 Å². The summed E-state index contributed by atoms with van der Waals surface area (Å²) in [5.41, 5.74) is 0.318. The maximum atomic E-state index is 11.9. The Hall–Kier alpha value is -3.62. The number of hydrogen-bond acceptors (Lipinski definition) is 7. The molecule has 0 fully saturated rings. The van der Waals surface area contributed by atoms with Crippen LogP contribution in [-0.4, -0.2) is 34.6 Å². The van der Waals surface area contributed by atoms with Crippen LogP contribution < -0.4 is 14.8 Å². The molecule has 0 bridgehead atoms. The molecule has 0 radical (unpaired) electrons. The van der Waals surface area contributed by atoms with Gasteiger partial charge in [0.2, 0.25) is 5.91 Å². The fourth-order valence-corrected chi connectivity index (χ4v) is 2.03. The number of amides is 1. The summed E-state index contributed by atoms with van der Waals surface area (Å²) in [4.78, 5) is 25.5. The molecule has 0 atom stereocenters. The van der Waals surface area contributed by atoms with Gasteiger partial charge in [0.1, 0.15) is 6.20 Å². The van der Waals surface area contributed by atoms with E-state index in [0.717, 1.165) is 12.3 Å². The zero-order valence-corrected chi connectivity index (χ0v) is 14.1. The van der Waals surface area contributed by atoms with Crippen molar-refractivity contribution in [3.8, 4) is 17.2 Å². The Morgan fingerprint density at radius 2 is 2.15 bits per heavy atom. The first-order chi connectivity index (χ1) is 12.4. The van der Waals surface area contributed by atoms with Crippen molar-refractivity contribution in [3.05, 3.63) is 52.2 Å². The zero-order valence-electron chi connectivity index (χ0n) is 14.1. The molecule has 1 heterocycles. The number of benzene rings is 1. The first kappa shape index (κ1) is 18.7. The fraction of sp³-hybridized carbons (Fsp3) is 0.176. The second-order valence-electron chi connectivity index (χ2n) is 4.98. The molecule has 2 rings (SSSR count). The highest BCUT2D eigenvalue weighted by atomic mass is 16.6. The Morgan fingerprint density at radius 3 is 2.77 bits per heavy atom. The quantitative estimate of drug-likeness (QED) is 0.442. The second kappa shape index (κ2) is 8.47. The highest BCUT2D eigenvalue weighted by molar-refractivity contribution is 6.02. The standard InChI is InChI=1S/C17H17N3O6/c1-3-26-14-6-4-11(8-15(14)25-2)5-7-16(22)19-17-13(21)9-12(10-18-17)20(23)24/h4-10,21H,3H2,1-2H3,(H,18,19,22)/b7-5+. The molecule has 2 N–H and O–H groups in total. The lowest BCUT2D eigenvalue weighted by molar-refractivity contribution is -0.385. The van der Waals surface area contributed by atoms with Crippen LogP contribution in [0.5, 0.6) is 17.2 Å². The highest BCUT2D eigenvalue weighted by Gasteiger charge is 2.12. The van der Waals surface area contributed by atoms with Gasteiger partial charge < -0.3 is 19.9 Å². The van der Waals surface area contributed by atoms with E-state index in [1.54, 1.807) is 18.2 Å². The van der Waals surface area contributed by atoms with E-state index < -0.39 is 16.6 Å². The molecule has 9 heteroatoms. The van der Waals surface area contributed by atoms with E-state index in [1.165, 1.54) is 19.3 Å². The molecular weight excluding hydrogens is 342 g/mol. The minimum atomic E-state index is -0.697. The molecule has 26 heavy (non-hydrogen) atoms. The normalized spacial score (nSPS) is 10.5. The number of carbonyl (C=O) groups is 1. The number of carbonyl (C=O) groups excluding carboxylic acids is 1. The van der Waals surface area contributed by atoms with Crippen LogP contribution in [0.2, 0.25) is 0 Å². The van der Waals surface area contributed by atoms with Crippen LogP contribution in [0.1, 0.15) is 12.5 Å². The maximum Gasteiger partial charge on any atom is 0.291 e. The third-order valence-electron chi connectivity index (χ3n) is 3.22. The van der Waals surface area contributed by atoms with E-state index in [1.807, 2.05) is 6.92 Å². The van der Waals surface area contributed by atoms with Crippen molar-refractivity contribution in [2.24, 2.45) is 0 Å². The van der Waals surface area contributed by atoms with Crippen LogP contribution in [0.4, 0.5) is 11.5 Å². The number of methoxy groups -OCH3 is 1. The predicted octanol–water partition coefficient (Wildman–Crippen LogP) is 2.75. The van der Waals surface area contributed by atoms with Crippen molar-refractivity contribution < 1.29 is 24.3 Å². The first-order valence-corrected chi connectivity index (χ1v) is 7.58. The van der Waals surface area contributed by atoms with Gasteiger partial charge in [-0.1, -0.05) is 6.07 Å². The smallest absolute Gasteiger partial charge is 0.291 e. The molecule has 9 nitrogen and oxygen atoms in total. The van der Waals surface area contributed by atoms with Gasteiger partial charge in [0, 0.05) is 6.08 Å². The Labute approximate surface area is 149 Å². The molecule has 1 aromatic heterocycles. The lowest BCUT2D eigenvalue weighted by atomic mass is 10.2. The van der Waals surface area contributed by atoms with Crippen LogP contribution in [-0.2, 0) is 4.79 Å². The molecule has 0 saturated heterocycles. The number of aromatic hydroxyl groups is 1. The van der Waals surface area contributed by atoms with E-state index in [2.05, 4.69) is 10.3 Å². The van der Waals surface area contributed by atoms with Crippen LogP contribution in [0, 0.1) is 10.1 Å². The third-order valence-corrected chi connectivity index (χ3v) is 3.22. The molecule has 0 saturated carbocycles. The molecule has 1 aromatic carbocycles. The van der Waals surface area contributed by atoms with Gasteiger partial charge in [-0.05, 0) is 30.7 Å². The topological polar surface area (TPSA) is 124 Å². The monoisotopic (exact) mass is 359 g/mol. The van der Waals surface area contributed by atoms with Crippen molar-refractivity contribution in [2.75, 3.05) is 19.0 Å². The number of rotatable bonds is 7. The van der Waals surface area contributed by atoms with Crippen molar-refractivity contribution in [3.63, 3.8) is 0 Å². The maximum absolute atomic E-state index is 11.9. The summed E-state index contributed by atoms with van der Waals surface area (Å²) in [7, 11) is 1.51. The van der Waals surface area contributed by atoms with Gasteiger partial charge >= 0.3 is 0 Å². The lowest BCUT2D eigenvalue weighted by Gasteiger charge is -2.09. The van der Waals surface area contributed by atoms with Gasteiger partial charge in [-0.2, -0.15) is 0 Å². The number of ether oxygens (including phenoxy) is 2. The summed E-state index contributed by atoms with van der Waals surface area (Å²) in [5.74, 6) is -0.103. The van der Waals surface area contributed by atoms with E-state index in [0.29, 0.717) is 23.7 Å². The second-order valence-corrected chi connectivity index (χ2v) is 4.98. The lowest BCUT2D eigenvalue weighted by Crippen LogP contribution is -2.09. The van der Waals surface area contributed by atoms with Crippen LogP contribution in [0.25, 0.3) is 6.08 Å². The van der Waals surface area contributed by atoms with Crippen molar-refractivity contribution in [1.29, 1.82) is 0 Å². The predicted molar refractivity (Wildman–Crippen MR) is 94.4 cm³/mol. The van der Waals surface area contributed by atoms with Crippen molar-refractivity contribution >= 4 is 23.5 Å². The Morgan fingerprint density at radius 1 is 1.38 bits per heavy atom. The molecule has 0 aliphatic heterocycles. The molecule has 0 aliphatic rings. The van der Waals surface area contributed by atoms with E-state index in [9.17, 15) is 20.0 Å². The number of nitrogens with zero attached hydrogens (tertiary/aromatic N) is 2. The van der Waals surface area contributed by atoms with Crippen LogP contribution >= 0.6 is 0 Å². The average Bonchev–Trinajstić information content (AvgIpc) is 2.62. The van der Waals surface area contributed by atoms with Gasteiger partial charge in [-0.25, -0.2) is 4.98 Å². The van der Waals surface area contributed by atoms with Crippen molar-refractivity contribution in [1.82, 2.24) is 4.98 Å². The van der Waals surface area contributed by atoms with Gasteiger partial charge in [-0.15, -0.1) is 0 Å².